The Morgan fingerprint density at radius 1 is 1.53 bits per heavy atom. The fourth-order valence-corrected chi connectivity index (χ4v) is 2.02. The number of aromatic nitrogens is 1. The zero-order chi connectivity index (χ0) is 10.8. The van der Waals surface area contributed by atoms with Crippen molar-refractivity contribution >= 4 is 33.2 Å². The molecule has 0 fully saturated rings. The first kappa shape index (κ1) is 10.3. The summed E-state index contributed by atoms with van der Waals surface area (Å²) in [5.41, 5.74) is 2.69. The second kappa shape index (κ2) is 4.10. The average molecular weight is 215 g/mol. The maximum Gasteiger partial charge on any atom is 0.338 e. The molecule has 1 heterocycles. The Morgan fingerprint density at radius 2 is 2.33 bits per heavy atom. The number of nitrogens with one attached hydrogen (secondary N) is 1. The third kappa shape index (κ3) is 1.67. The topological polar surface area (TPSA) is 42.1 Å². The van der Waals surface area contributed by atoms with Crippen molar-refractivity contribution in [3.63, 3.8) is 0 Å². The number of rotatable bonds is 2. The fraction of sp³-hybridized carbons (Fsp3) is 0.182. The lowest BCUT2D eigenvalue weighted by Crippen LogP contribution is -2.02. The van der Waals surface area contributed by atoms with Crippen molar-refractivity contribution in [1.82, 2.24) is 4.98 Å². The van der Waals surface area contributed by atoms with Gasteiger partial charge in [-0.15, -0.1) is 0 Å². The smallest absolute Gasteiger partial charge is 0.338 e. The first-order chi connectivity index (χ1) is 7.27. The summed E-state index contributed by atoms with van der Waals surface area (Å²) in [6.45, 7) is 0. The molecule has 2 rings (SSSR count). The summed E-state index contributed by atoms with van der Waals surface area (Å²) in [6, 6.07) is 5.58. The highest BCUT2D eigenvalue weighted by Gasteiger charge is 2.13. The van der Waals surface area contributed by atoms with Gasteiger partial charge in [-0.25, -0.2) is 4.79 Å². The van der Waals surface area contributed by atoms with Crippen molar-refractivity contribution in [2.24, 2.45) is 0 Å². The lowest BCUT2D eigenvalue weighted by Gasteiger charge is -2.02. The Morgan fingerprint density at radius 3 is 3.00 bits per heavy atom. The van der Waals surface area contributed by atoms with E-state index in [9.17, 15) is 4.79 Å². The summed E-state index contributed by atoms with van der Waals surface area (Å²) in [6.07, 6.45) is 1.92. The summed E-state index contributed by atoms with van der Waals surface area (Å²) < 4.78 is 4.75. The van der Waals surface area contributed by atoms with Crippen molar-refractivity contribution in [2.45, 2.75) is 5.28 Å². The number of methoxy groups -OCH3 is 1. The third-order valence-corrected chi connectivity index (χ3v) is 2.85. The van der Waals surface area contributed by atoms with Crippen molar-refractivity contribution in [2.75, 3.05) is 7.11 Å². The molecule has 0 saturated carbocycles. The maximum atomic E-state index is 11.6. The number of aromatic amines is 1. The molecular formula is C11H10AlNO2. The molecule has 0 unspecified atom stereocenters. The highest BCUT2D eigenvalue weighted by atomic mass is 27.0. The summed E-state index contributed by atoms with van der Waals surface area (Å²) >= 11 is 2.65. The third-order valence-electron chi connectivity index (χ3n) is 2.41. The Labute approximate surface area is 95.9 Å². The van der Waals surface area contributed by atoms with Crippen LogP contribution in [0.4, 0.5) is 0 Å². The van der Waals surface area contributed by atoms with Gasteiger partial charge in [0.1, 0.15) is 16.3 Å². The predicted octanol–water partition coefficient (Wildman–Crippen LogP) is 1.62. The number of carbonyl (C=O) groups is 1. The molecule has 4 heteroatoms. The second-order valence-electron chi connectivity index (χ2n) is 3.24. The van der Waals surface area contributed by atoms with Gasteiger partial charge in [-0.1, -0.05) is 11.3 Å². The second-order valence-corrected chi connectivity index (χ2v) is 3.65. The highest BCUT2D eigenvalue weighted by molar-refractivity contribution is 6.12. The minimum Gasteiger partial charge on any atom is -0.465 e. The number of benzene rings is 1. The molecule has 3 nitrogen and oxygen atoms in total. The van der Waals surface area contributed by atoms with Crippen LogP contribution in [0.2, 0.25) is 0 Å². The largest absolute Gasteiger partial charge is 0.465 e. The Bertz CT molecular complexity index is 504. The van der Waals surface area contributed by atoms with Crippen LogP contribution in [-0.4, -0.2) is 34.4 Å². The molecule has 0 bridgehead atoms. The monoisotopic (exact) mass is 215 g/mol. The molecule has 0 atom stereocenters. The molecule has 15 heavy (non-hydrogen) atoms. The van der Waals surface area contributed by atoms with E-state index >= 15 is 0 Å². The molecular weight excluding hydrogens is 205 g/mol. The van der Waals surface area contributed by atoms with Crippen LogP contribution in [0.15, 0.2) is 24.4 Å². The summed E-state index contributed by atoms with van der Waals surface area (Å²) in [7, 11) is 1.40. The van der Waals surface area contributed by atoms with Crippen LogP contribution in [0.25, 0.3) is 10.9 Å². The van der Waals surface area contributed by atoms with E-state index in [2.05, 4.69) is 21.3 Å². The SMILES string of the molecule is COC(=O)c1cccc2[nH]cc([CH2][Al])c12. The number of hydrogen-bond donors (Lipinski definition) is 1. The quantitative estimate of drug-likeness (QED) is 0.611. The zero-order valence-corrected chi connectivity index (χ0v) is 9.57. The first-order valence-electron chi connectivity index (χ1n) is 4.65. The predicted molar refractivity (Wildman–Crippen MR) is 59.1 cm³/mol. The molecule has 2 aromatic rings. The van der Waals surface area contributed by atoms with Gasteiger partial charge < -0.3 is 9.72 Å². The molecule has 0 aliphatic carbocycles. The molecule has 0 saturated heterocycles. The zero-order valence-electron chi connectivity index (χ0n) is 8.41. The van der Waals surface area contributed by atoms with Gasteiger partial charge in [0.2, 0.25) is 0 Å². The van der Waals surface area contributed by atoms with Crippen LogP contribution in [0, 0.1) is 0 Å². The average Bonchev–Trinajstić information content (AvgIpc) is 2.70. The van der Waals surface area contributed by atoms with Crippen LogP contribution >= 0.6 is 0 Å². The van der Waals surface area contributed by atoms with Gasteiger partial charge in [0.25, 0.3) is 0 Å². The number of carbonyl (C=O) groups excluding carboxylic acids is 1. The van der Waals surface area contributed by atoms with E-state index in [-0.39, 0.29) is 5.97 Å². The van der Waals surface area contributed by atoms with Crippen molar-refractivity contribution in [3.05, 3.63) is 35.5 Å². The lowest BCUT2D eigenvalue weighted by atomic mass is 10.1. The van der Waals surface area contributed by atoms with Gasteiger partial charge in [0.15, 0.2) is 0 Å². The van der Waals surface area contributed by atoms with E-state index in [4.69, 9.17) is 4.74 Å². The van der Waals surface area contributed by atoms with Gasteiger partial charge in [-0.2, -0.15) is 0 Å². The van der Waals surface area contributed by atoms with Gasteiger partial charge in [0.05, 0.1) is 12.7 Å². The minimum atomic E-state index is -0.292. The van der Waals surface area contributed by atoms with E-state index in [1.54, 1.807) is 6.07 Å². The Kier molecular flexibility index (Phi) is 2.81. The van der Waals surface area contributed by atoms with Crippen LogP contribution < -0.4 is 0 Å². The van der Waals surface area contributed by atoms with E-state index in [0.717, 1.165) is 21.7 Å². The molecule has 1 aromatic carbocycles. The van der Waals surface area contributed by atoms with Crippen LogP contribution in [0.5, 0.6) is 0 Å². The van der Waals surface area contributed by atoms with Gasteiger partial charge in [-0.3, -0.25) is 0 Å². The van der Waals surface area contributed by atoms with Gasteiger partial charge in [-0.05, 0) is 17.7 Å². The van der Waals surface area contributed by atoms with Crippen LogP contribution in [-0.2, 0) is 10.0 Å². The normalized spacial score (nSPS) is 10.5. The number of H-pyrrole nitrogens is 1. The van der Waals surface area contributed by atoms with Crippen molar-refractivity contribution in [1.29, 1.82) is 0 Å². The molecule has 1 N–H and O–H groups in total. The van der Waals surface area contributed by atoms with Gasteiger partial charge >= 0.3 is 5.97 Å². The van der Waals surface area contributed by atoms with Crippen LogP contribution in [0.1, 0.15) is 15.9 Å². The highest BCUT2D eigenvalue weighted by Crippen LogP contribution is 2.23. The van der Waals surface area contributed by atoms with Crippen LogP contribution in [0.3, 0.4) is 0 Å². The maximum absolute atomic E-state index is 11.6. The first-order valence-corrected chi connectivity index (χ1v) is 5.47. The standard InChI is InChI=1S/C11H10NO2.Al/c1-7-6-12-9-5-3-4-8(10(7)9)11(13)14-2;/h3-6,12H,1H2,2H3;. The molecule has 0 aliphatic heterocycles. The molecule has 1 aromatic heterocycles. The number of fused-ring (bicyclic) bond motifs is 1. The van der Waals surface area contributed by atoms with E-state index in [0.29, 0.717) is 5.56 Å². The molecule has 0 spiro atoms. The molecule has 2 radical (unpaired) electrons. The Balaban J connectivity index is 2.72. The summed E-state index contributed by atoms with van der Waals surface area (Å²) in [5, 5.41) is 1.77. The minimum absolute atomic E-state index is 0.292. The van der Waals surface area contributed by atoms with E-state index < -0.39 is 0 Å². The Hall–Kier alpha value is -1.24. The van der Waals surface area contributed by atoms with Crippen molar-refractivity contribution < 1.29 is 9.53 Å². The number of ether oxygens (including phenoxy) is 1. The number of hydrogen-bond acceptors (Lipinski definition) is 2. The molecule has 74 valence electrons. The summed E-state index contributed by atoms with van der Waals surface area (Å²) in [4.78, 5) is 14.7. The van der Waals surface area contributed by atoms with Gasteiger partial charge in [0, 0.05) is 17.1 Å². The number of esters is 1. The summed E-state index contributed by atoms with van der Waals surface area (Å²) in [5.74, 6) is -0.292. The molecule has 0 aliphatic rings. The molecule has 0 amide bonds. The van der Waals surface area contributed by atoms with Crippen molar-refractivity contribution in [3.8, 4) is 0 Å². The lowest BCUT2D eigenvalue weighted by molar-refractivity contribution is 0.0603. The van der Waals surface area contributed by atoms with E-state index in [1.165, 1.54) is 7.11 Å². The van der Waals surface area contributed by atoms with E-state index in [1.807, 2.05) is 18.3 Å². The fourth-order valence-electron chi connectivity index (χ4n) is 1.70.